The molecule has 0 heterocycles. The fourth-order valence-corrected chi connectivity index (χ4v) is 0.181. The van der Waals surface area contributed by atoms with Gasteiger partial charge in [0.25, 0.3) is 0 Å². The Morgan fingerprint density at radius 2 is 2.25 bits per heavy atom. The van der Waals surface area contributed by atoms with Crippen LogP contribution in [0.2, 0.25) is 0 Å². The van der Waals surface area contributed by atoms with Crippen molar-refractivity contribution in [2.45, 2.75) is 0 Å². The summed E-state index contributed by atoms with van der Waals surface area (Å²) in [5, 5.41) is 8.08. The number of hydrogen-bond acceptors (Lipinski definition) is 4. The van der Waals surface area contributed by atoms with Gasteiger partial charge in [-0.05, 0) is 0 Å². The van der Waals surface area contributed by atoms with Gasteiger partial charge in [0.2, 0.25) is 0 Å². The van der Waals surface area contributed by atoms with Gasteiger partial charge < -0.3 is 16.3 Å². The van der Waals surface area contributed by atoms with Crippen molar-refractivity contribution in [2.75, 3.05) is 0 Å². The van der Waals surface area contributed by atoms with Crippen molar-refractivity contribution in [3.05, 3.63) is 11.9 Å². The Hall–Kier alpha value is -1.23. The molecule has 0 aromatic carbocycles. The normalized spacial score (nSPS) is 10.9. The maximum atomic E-state index is 9.87. The maximum absolute atomic E-state index is 9.87. The zero-order valence-corrected chi connectivity index (χ0v) is 4.09. The summed E-state index contributed by atoms with van der Waals surface area (Å²) in [5.74, 6) is 3.53. The van der Waals surface area contributed by atoms with E-state index in [1.807, 2.05) is 5.43 Å². The van der Waals surface area contributed by atoms with Crippen LogP contribution in [0.15, 0.2) is 11.9 Å². The molecule has 0 amide bonds. The molecule has 0 spiro atoms. The van der Waals surface area contributed by atoms with Crippen molar-refractivity contribution >= 4 is 5.97 Å². The molecule has 0 aliphatic rings. The fraction of sp³-hybridized carbons (Fsp3) is 0. The van der Waals surface area contributed by atoms with E-state index in [2.05, 4.69) is 0 Å². The van der Waals surface area contributed by atoms with Gasteiger partial charge in [0.15, 0.2) is 5.70 Å². The van der Waals surface area contributed by atoms with Crippen molar-refractivity contribution in [1.29, 1.82) is 0 Å². The van der Waals surface area contributed by atoms with E-state index in [0.29, 0.717) is 0 Å². The highest BCUT2D eigenvalue weighted by Gasteiger charge is 2.00. The van der Waals surface area contributed by atoms with Crippen LogP contribution in [0.4, 0.5) is 0 Å². The molecule has 0 unspecified atom stereocenters. The topological polar surface area (TPSA) is 101 Å². The smallest absolute Gasteiger partial charge is 0.354 e. The molecule has 5 heteroatoms. The number of carboxylic acids is 1. The lowest BCUT2D eigenvalue weighted by Gasteiger charge is -1.94. The first-order valence-electron chi connectivity index (χ1n) is 1.84. The van der Waals surface area contributed by atoms with Gasteiger partial charge in [0.05, 0.1) is 0 Å². The van der Waals surface area contributed by atoms with Crippen molar-refractivity contribution in [3.63, 3.8) is 0 Å². The van der Waals surface area contributed by atoms with E-state index in [0.717, 1.165) is 6.20 Å². The zero-order chi connectivity index (χ0) is 6.57. The molecule has 0 aromatic rings. The first-order valence-corrected chi connectivity index (χ1v) is 1.84. The third-order valence-corrected chi connectivity index (χ3v) is 0.553. The lowest BCUT2D eigenvalue weighted by molar-refractivity contribution is -0.133. The number of aliphatic carboxylic acids is 1. The summed E-state index contributed by atoms with van der Waals surface area (Å²) >= 11 is 0. The fourth-order valence-electron chi connectivity index (χ4n) is 0.181. The van der Waals surface area contributed by atoms with Gasteiger partial charge in [-0.15, -0.1) is 0 Å². The predicted molar refractivity (Wildman–Crippen MR) is 27.2 cm³/mol. The number of carbonyl (C=O) groups is 1. The highest BCUT2D eigenvalue weighted by atomic mass is 16.4. The summed E-state index contributed by atoms with van der Waals surface area (Å²) in [5.41, 5.74) is 6.47. The van der Waals surface area contributed by atoms with Crippen LogP contribution < -0.4 is 17.0 Å². The van der Waals surface area contributed by atoms with Crippen molar-refractivity contribution in [3.8, 4) is 0 Å². The zero-order valence-electron chi connectivity index (χ0n) is 4.09. The first-order chi connectivity index (χ1) is 3.72. The molecule has 8 heavy (non-hydrogen) atoms. The summed E-state index contributed by atoms with van der Waals surface area (Å²) in [6.07, 6.45) is 0.877. The van der Waals surface area contributed by atoms with Crippen LogP contribution in [-0.4, -0.2) is 11.1 Å². The van der Waals surface area contributed by atoms with Gasteiger partial charge in [0.1, 0.15) is 0 Å². The predicted octanol–water partition coefficient (Wildman–Crippen LogP) is -1.67. The highest BCUT2D eigenvalue weighted by molar-refractivity contribution is 5.85. The number of nitrogens with two attached hydrogens (primary N) is 2. The number of hydrogen-bond donors (Lipinski definition) is 4. The molecule has 46 valence electrons. The van der Waals surface area contributed by atoms with Crippen LogP contribution in [0.3, 0.4) is 0 Å². The summed E-state index contributed by atoms with van der Waals surface area (Å²) in [4.78, 5) is 9.87. The molecule has 0 atom stereocenters. The molecular weight excluding hydrogens is 110 g/mol. The Bertz CT molecular complexity index is 120. The second-order valence-corrected chi connectivity index (χ2v) is 1.03. The Labute approximate surface area is 45.9 Å². The molecule has 6 N–H and O–H groups in total. The van der Waals surface area contributed by atoms with Gasteiger partial charge in [0, 0.05) is 6.20 Å². The number of rotatable bonds is 2. The first kappa shape index (κ1) is 6.77. The van der Waals surface area contributed by atoms with Crippen molar-refractivity contribution in [2.24, 2.45) is 11.6 Å². The van der Waals surface area contributed by atoms with Gasteiger partial charge in [-0.1, -0.05) is 0 Å². The average molecular weight is 117 g/mol. The molecule has 0 aliphatic heterocycles. The largest absolute Gasteiger partial charge is 0.476 e. The SMILES string of the molecule is N/C=C(\NN)C(=O)O. The molecule has 0 aromatic heterocycles. The minimum atomic E-state index is -1.17. The maximum Gasteiger partial charge on any atom is 0.354 e. The second kappa shape index (κ2) is 2.86. The Morgan fingerprint density at radius 1 is 1.75 bits per heavy atom. The number of hydrazine groups is 1. The van der Waals surface area contributed by atoms with E-state index in [1.165, 1.54) is 0 Å². The van der Waals surface area contributed by atoms with Crippen LogP contribution in [0.25, 0.3) is 0 Å². The summed E-state index contributed by atoms with van der Waals surface area (Å²) in [6, 6.07) is 0. The molecular formula is C3H7N3O2. The van der Waals surface area contributed by atoms with Crippen LogP contribution >= 0.6 is 0 Å². The third-order valence-electron chi connectivity index (χ3n) is 0.553. The Balaban J connectivity index is 3.92. The molecule has 0 radical (unpaired) electrons. The summed E-state index contributed by atoms with van der Waals surface area (Å²) < 4.78 is 0. The van der Waals surface area contributed by atoms with E-state index in [-0.39, 0.29) is 5.70 Å². The number of carboxylic acid groups (broad SMARTS) is 1. The second-order valence-electron chi connectivity index (χ2n) is 1.03. The molecule has 0 bridgehead atoms. The van der Waals surface area contributed by atoms with Crippen molar-refractivity contribution in [1.82, 2.24) is 5.43 Å². The van der Waals surface area contributed by atoms with E-state index < -0.39 is 5.97 Å². The van der Waals surface area contributed by atoms with E-state index >= 15 is 0 Å². The van der Waals surface area contributed by atoms with Crippen LogP contribution in [-0.2, 0) is 4.79 Å². The van der Waals surface area contributed by atoms with Gasteiger partial charge >= 0.3 is 5.97 Å². The molecule has 0 saturated heterocycles. The minimum Gasteiger partial charge on any atom is -0.476 e. The van der Waals surface area contributed by atoms with Crippen molar-refractivity contribution < 1.29 is 9.90 Å². The Morgan fingerprint density at radius 3 is 2.25 bits per heavy atom. The molecule has 0 fully saturated rings. The van der Waals surface area contributed by atoms with Gasteiger partial charge in [-0.25, -0.2) is 4.79 Å². The van der Waals surface area contributed by atoms with Crippen LogP contribution in [0, 0.1) is 0 Å². The third kappa shape index (κ3) is 1.48. The van der Waals surface area contributed by atoms with Crippen LogP contribution in [0.1, 0.15) is 0 Å². The summed E-state index contributed by atoms with van der Waals surface area (Å²) in [6.45, 7) is 0. The average Bonchev–Trinajstić information content (AvgIpc) is 1.69. The quantitative estimate of drug-likeness (QED) is 0.197. The van der Waals surface area contributed by atoms with E-state index in [9.17, 15) is 4.79 Å². The van der Waals surface area contributed by atoms with E-state index in [4.69, 9.17) is 16.7 Å². The van der Waals surface area contributed by atoms with Crippen LogP contribution in [0.5, 0.6) is 0 Å². The van der Waals surface area contributed by atoms with Gasteiger partial charge in [-0.3, -0.25) is 5.84 Å². The summed E-state index contributed by atoms with van der Waals surface area (Å²) in [7, 11) is 0. The highest BCUT2D eigenvalue weighted by Crippen LogP contribution is 1.78. The molecule has 5 nitrogen and oxygen atoms in total. The van der Waals surface area contributed by atoms with E-state index in [1.54, 1.807) is 0 Å². The Kier molecular flexibility index (Phi) is 2.42. The minimum absolute atomic E-state index is 0.218. The molecule has 0 rings (SSSR count). The molecule has 0 saturated carbocycles. The monoisotopic (exact) mass is 117 g/mol. The standard InChI is InChI=1S/C3H7N3O2/c4-1-2(6-5)3(7)8/h1,6H,4-5H2,(H,7,8)/b2-1-. The van der Waals surface area contributed by atoms with Gasteiger partial charge in [-0.2, -0.15) is 0 Å². The molecule has 0 aliphatic carbocycles. The lowest BCUT2D eigenvalue weighted by Crippen LogP contribution is -2.27. The number of nitrogens with one attached hydrogen (secondary N) is 1. The lowest BCUT2D eigenvalue weighted by atomic mass is 10.5.